The molecule has 0 bridgehead atoms. The van der Waals surface area contributed by atoms with E-state index < -0.39 is 0 Å². The Balaban J connectivity index is 1.22. The van der Waals surface area contributed by atoms with E-state index in [9.17, 15) is 4.79 Å². The Hall–Kier alpha value is -3.00. The van der Waals surface area contributed by atoms with Crippen molar-refractivity contribution in [2.45, 2.75) is 45.1 Å². The molecule has 1 saturated carbocycles. The molecule has 1 aliphatic rings. The highest BCUT2D eigenvalue weighted by molar-refractivity contribution is 6.33. The Morgan fingerprint density at radius 2 is 1.91 bits per heavy atom. The Labute approximate surface area is 192 Å². The van der Waals surface area contributed by atoms with Gasteiger partial charge in [-0.05, 0) is 56.7 Å². The number of nitrogens with zero attached hydrogens (tertiary/aromatic N) is 4. The number of aromatic nitrogens is 4. The summed E-state index contributed by atoms with van der Waals surface area (Å²) in [6.07, 6.45) is 9.61. The molecule has 0 spiro atoms. The third kappa shape index (κ3) is 5.82. The molecule has 0 amide bonds. The van der Waals surface area contributed by atoms with Crippen molar-refractivity contribution < 1.29 is 9.53 Å². The lowest BCUT2D eigenvalue weighted by Gasteiger charge is -2.29. The van der Waals surface area contributed by atoms with Crippen LogP contribution in [-0.4, -0.2) is 45.1 Å². The van der Waals surface area contributed by atoms with Gasteiger partial charge in [0.25, 0.3) is 0 Å². The monoisotopic (exact) mass is 454 g/mol. The molecule has 168 valence electrons. The Morgan fingerprint density at radius 3 is 2.66 bits per heavy atom. The van der Waals surface area contributed by atoms with Crippen LogP contribution in [0.4, 0.5) is 11.8 Å². The van der Waals surface area contributed by atoms with Crippen molar-refractivity contribution in [2.75, 3.05) is 23.8 Å². The van der Waals surface area contributed by atoms with E-state index in [1.54, 1.807) is 25.5 Å². The molecule has 9 heteroatoms. The third-order valence-electron chi connectivity index (χ3n) is 5.67. The first-order chi connectivity index (χ1) is 15.6. The zero-order valence-corrected chi connectivity index (χ0v) is 18.8. The molecular formula is C23H27ClN6O2. The van der Waals surface area contributed by atoms with Crippen LogP contribution in [-0.2, 0) is 16.0 Å². The third-order valence-corrected chi connectivity index (χ3v) is 5.95. The number of anilines is 2. The smallest absolute Gasteiger partial charge is 0.310 e. The predicted octanol–water partition coefficient (Wildman–Crippen LogP) is 4.26. The van der Waals surface area contributed by atoms with E-state index in [2.05, 4.69) is 30.6 Å². The molecule has 0 saturated heterocycles. The normalized spacial score (nSPS) is 18.3. The minimum absolute atomic E-state index is 0.194. The molecule has 0 unspecified atom stereocenters. The van der Waals surface area contributed by atoms with Crippen molar-refractivity contribution in [3.8, 4) is 0 Å². The summed E-state index contributed by atoms with van der Waals surface area (Å²) in [4.78, 5) is 28.9. The first kappa shape index (κ1) is 22.2. The summed E-state index contributed by atoms with van der Waals surface area (Å²) >= 11 is 6.18. The fourth-order valence-electron chi connectivity index (χ4n) is 3.97. The predicted molar refractivity (Wildman–Crippen MR) is 125 cm³/mol. The van der Waals surface area contributed by atoms with Crippen LogP contribution in [0, 0.1) is 5.92 Å². The molecule has 0 aromatic carbocycles. The Morgan fingerprint density at radius 1 is 1.12 bits per heavy atom. The number of fused-ring (bicyclic) bond motifs is 1. The van der Waals surface area contributed by atoms with E-state index in [0.29, 0.717) is 29.7 Å². The van der Waals surface area contributed by atoms with Gasteiger partial charge in [0, 0.05) is 42.1 Å². The van der Waals surface area contributed by atoms with E-state index in [1.807, 2.05) is 18.2 Å². The van der Waals surface area contributed by atoms with Crippen molar-refractivity contribution in [3.05, 3.63) is 47.5 Å². The topological polar surface area (TPSA) is 102 Å². The fourth-order valence-corrected chi connectivity index (χ4v) is 4.17. The summed E-state index contributed by atoms with van der Waals surface area (Å²) in [6, 6.07) is 6.32. The maximum absolute atomic E-state index is 11.5. The molecule has 2 N–H and O–H groups in total. The van der Waals surface area contributed by atoms with Crippen LogP contribution >= 0.6 is 11.6 Å². The highest BCUT2D eigenvalue weighted by Crippen LogP contribution is 2.27. The lowest BCUT2D eigenvalue weighted by molar-refractivity contribution is -0.142. The van der Waals surface area contributed by atoms with Crippen LogP contribution in [0.3, 0.4) is 0 Å². The van der Waals surface area contributed by atoms with Gasteiger partial charge < -0.3 is 15.4 Å². The molecule has 0 aliphatic heterocycles. The number of nitrogens with one attached hydrogen (secondary N) is 2. The summed E-state index contributed by atoms with van der Waals surface area (Å²) in [5, 5.41) is 8.28. The van der Waals surface area contributed by atoms with Gasteiger partial charge in [-0.3, -0.25) is 4.79 Å². The van der Waals surface area contributed by atoms with Crippen LogP contribution in [0.25, 0.3) is 10.9 Å². The molecule has 3 aromatic heterocycles. The average Bonchev–Trinajstić information content (AvgIpc) is 2.80. The highest BCUT2D eigenvalue weighted by atomic mass is 35.5. The van der Waals surface area contributed by atoms with E-state index in [0.717, 1.165) is 54.5 Å². The first-order valence-electron chi connectivity index (χ1n) is 11.0. The summed E-state index contributed by atoms with van der Waals surface area (Å²) < 4.78 is 4.95. The van der Waals surface area contributed by atoms with Crippen LogP contribution in [0.2, 0.25) is 5.15 Å². The number of ether oxygens (including phenoxy) is 1. The van der Waals surface area contributed by atoms with Crippen molar-refractivity contribution in [3.63, 3.8) is 0 Å². The van der Waals surface area contributed by atoms with Crippen LogP contribution in [0.1, 0.15) is 38.2 Å². The van der Waals surface area contributed by atoms with Crippen LogP contribution in [0.5, 0.6) is 0 Å². The van der Waals surface area contributed by atoms with Crippen LogP contribution in [0.15, 0.2) is 36.8 Å². The molecule has 0 atom stereocenters. The highest BCUT2D eigenvalue weighted by Gasteiger charge is 2.21. The Bertz CT molecular complexity index is 1050. The lowest BCUT2D eigenvalue weighted by atomic mass is 9.86. The van der Waals surface area contributed by atoms with E-state index in [-0.39, 0.29) is 12.4 Å². The minimum atomic E-state index is -0.263. The molecule has 8 nitrogen and oxygen atoms in total. The van der Waals surface area contributed by atoms with Gasteiger partial charge in [0.15, 0.2) is 5.15 Å². The molecule has 4 rings (SSSR count). The van der Waals surface area contributed by atoms with Gasteiger partial charge in [-0.25, -0.2) is 19.9 Å². The molecule has 0 radical (unpaired) electrons. The standard InChI is InChI=1S/C23H27ClN6O2/c1-2-32-20(31)11-16-13-27-23(28-14-16)26-12-15-3-6-18(7-4-15)29-19-8-5-17-9-10-25-22(24)21(17)30-19/h5,8-10,13-15,18H,2-4,6-7,11-12H2,1H3,(H,29,30)(H,26,27,28)/t15-,18-. The number of esters is 1. The van der Waals surface area contributed by atoms with Crippen molar-refractivity contribution in [1.82, 2.24) is 19.9 Å². The number of pyridine rings is 2. The zero-order chi connectivity index (χ0) is 22.3. The first-order valence-corrected chi connectivity index (χ1v) is 11.4. The van der Waals surface area contributed by atoms with Crippen molar-refractivity contribution >= 4 is 40.2 Å². The number of rotatable bonds is 8. The summed E-state index contributed by atoms with van der Waals surface area (Å²) in [5.41, 5.74) is 1.48. The number of hydrogen-bond donors (Lipinski definition) is 2. The fraction of sp³-hybridized carbons (Fsp3) is 0.435. The van der Waals surface area contributed by atoms with Crippen LogP contribution < -0.4 is 10.6 Å². The summed E-state index contributed by atoms with van der Waals surface area (Å²) in [7, 11) is 0. The quantitative estimate of drug-likeness (QED) is 0.384. The van der Waals surface area contributed by atoms with E-state index in [1.165, 1.54) is 0 Å². The van der Waals surface area contributed by atoms with Gasteiger partial charge in [-0.2, -0.15) is 0 Å². The number of carbonyl (C=O) groups is 1. The van der Waals surface area contributed by atoms with Crippen molar-refractivity contribution in [2.24, 2.45) is 5.92 Å². The summed E-state index contributed by atoms with van der Waals surface area (Å²) in [6.45, 7) is 3.00. The van der Waals surface area contributed by atoms with Gasteiger partial charge in [-0.1, -0.05) is 11.6 Å². The number of halogens is 1. The second-order valence-corrected chi connectivity index (χ2v) is 8.37. The molecule has 3 heterocycles. The van der Waals surface area contributed by atoms with Gasteiger partial charge in [0.05, 0.1) is 13.0 Å². The number of hydrogen-bond acceptors (Lipinski definition) is 8. The lowest BCUT2D eigenvalue weighted by Crippen LogP contribution is -2.29. The van der Waals surface area contributed by atoms with Gasteiger partial charge in [-0.15, -0.1) is 0 Å². The Kier molecular flexibility index (Phi) is 7.32. The molecule has 1 aliphatic carbocycles. The largest absolute Gasteiger partial charge is 0.466 e. The molecule has 1 fully saturated rings. The summed E-state index contributed by atoms with van der Waals surface area (Å²) in [5.74, 6) is 1.73. The minimum Gasteiger partial charge on any atom is -0.466 e. The second kappa shape index (κ2) is 10.5. The number of carbonyl (C=O) groups excluding carboxylic acids is 1. The SMILES string of the molecule is CCOC(=O)Cc1cnc(NC[C@H]2CC[C@H](Nc3ccc4ccnc(Cl)c4n3)CC2)nc1. The van der Waals surface area contributed by atoms with Crippen molar-refractivity contribution in [1.29, 1.82) is 0 Å². The van der Waals surface area contributed by atoms with E-state index >= 15 is 0 Å². The van der Waals surface area contributed by atoms with Gasteiger partial charge in [0.2, 0.25) is 5.95 Å². The van der Waals surface area contributed by atoms with Gasteiger partial charge in [0.1, 0.15) is 11.3 Å². The maximum atomic E-state index is 11.5. The maximum Gasteiger partial charge on any atom is 0.310 e. The second-order valence-electron chi connectivity index (χ2n) is 8.01. The zero-order valence-electron chi connectivity index (χ0n) is 18.1. The van der Waals surface area contributed by atoms with Gasteiger partial charge >= 0.3 is 5.97 Å². The molecule has 32 heavy (non-hydrogen) atoms. The molecular weight excluding hydrogens is 428 g/mol. The molecule has 3 aromatic rings. The average molecular weight is 455 g/mol. The van der Waals surface area contributed by atoms with E-state index in [4.69, 9.17) is 16.3 Å².